The van der Waals surface area contributed by atoms with E-state index < -0.39 is 20.6 Å². The molecule has 74 valence electrons. The van der Waals surface area contributed by atoms with Gasteiger partial charge in [-0.25, -0.2) is 13.2 Å². The standard InChI is InChI=1S/C8H12O4S/c1-8(2)6(7(9)12-3)4-5-13(8,10)11/h4H,5H2,1-3H3. The molecule has 5 heteroatoms. The predicted octanol–water partition coefficient (Wildman–Crippen LogP) is 0.293. The summed E-state index contributed by atoms with van der Waals surface area (Å²) < 4.78 is 26.3. The summed E-state index contributed by atoms with van der Waals surface area (Å²) >= 11 is 0. The molecule has 0 aromatic heterocycles. The molecule has 0 aliphatic carbocycles. The fourth-order valence-electron chi connectivity index (χ4n) is 1.25. The van der Waals surface area contributed by atoms with Gasteiger partial charge < -0.3 is 4.74 Å². The number of sulfone groups is 1. The summed E-state index contributed by atoms with van der Waals surface area (Å²) in [4.78, 5) is 11.2. The molecule has 0 N–H and O–H groups in total. The zero-order valence-electron chi connectivity index (χ0n) is 7.83. The van der Waals surface area contributed by atoms with Crippen molar-refractivity contribution in [2.24, 2.45) is 0 Å². The van der Waals surface area contributed by atoms with Gasteiger partial charge in [0.1, 0.15) is 0 Å². The fourth-order valence-corrected chi connectivity index (χ4v) is 2.56. The SMILES string of the molecule is COC(=O)C1=CCS(=O)(=O)C1(C)C. The average molecular weight is 204 g/mol. The molecule has 1 heterocycles. The minimum atomic E-state index is -3.22. The Morgan fingerprint density at radius 3 is 2.38 bits per heavy atom. The maximum Gasteiger partial charge on any atom is 0.335 e. The van der Waals surface area contributed by atoms with Crippen molar-refractivity contribution < 1.29 is 17.9 Å². The van der Waals surface area contributed by atoms with Crippen LogP contribution in [0.25, 0.3) is 0 Å². The number of hydrogen-bond donors (Lipinski definition) is 0. The van der Waals surface area contributed by atoms with E-state index in [1.54, 1.807) is 0 Å². The third kappa shape index (κ3) is 1.37. The van der Waals surface area contributed by atoms with Crippen molar-refractivity contribution in [3.63, 3.8) is 0 Å². The minimum absolute atomic E-state index is 0.0789. The number of hydrogen-bond acceptors (Lipinski definition) is 4. The monoisotopic (exact) mass is 204 g/mol. The van der Waals surface area contributed by atoms with Gasteiger partial charge in [0.2, 0.25) is 0 Å². The highest BCUT2D eigenvalue weighted by atomic mass is 32.2. The van der Waals surface area contributed by atoms with E-state index >= 15 is 0 Å². The van der Waals surface area contributed by atoms with Gasteiger partial charge in [0.05, 0.1) is 23.2 Å². The molecular weight excluding hydrogens is 192 g/mol. The Bertz CT molecular complexity index is 362. The summed E-state index contributed by atoms with van der Waals surface area (Å²) in [6.45, 7) is 3.02. The molecule has 13 heavy (non-hydrogen) atoms. The number of ether oxygens (including phenoxy) is 1. The number of rotatable bonds is 1. The summed E-state index contributed by atoms with van der Waals surface area (Å²) in [6.07, 6.45) is 1.42. The van der Waals surface area contributed by atoms with Crippen molar-refractivity contribution >= 4 is 15.8 Å². The van der Waals surface area contributed by atoms with Crippen LogP contribution in [0.15, 0.2) is 11.6 Å². The van der Waals surface area contributed by atoms with Crippen LogP contribution in [-0.4, -0.2) is 32.0 Å². The van der Waals surface area contributed by atoms with Crippen LogP contribution >= 0.6 is 0 Å². The second-order valence-corrected chi connectivity index (χ2v) is 5.98. The first kappa shape index (κ1) is 10.2. The lowest BCUT2D eigenvalue weighted by Crippen LogP contribution is -2.33. The highest BCUT2D eigenvalue weighted by Crippen LogP contribution is 2.33. The summed E-state index contributed by atoms with van der Waals surface area (Å²) in [5.41, 5.74) is 0.231. The molecule has 0 aromatic rings. The van der Waals surface area contributed by atoms with Gasteiger partial charge in [0.15, 0.2) is 9.84 Å². The van der Waals surface area contributed by atoms with Gasteiger partial charge in [-0.05, 0) is 13.8 Å². The van der Waals surface area contributed by atoms with E-state index in [0.29, 0.717) is 0 Å². The smallest absolute Gasteiger partial charge is 0.335 e. The van der Waals surface area contributed by atoms with E-state index in [2.05, 4.69) is 4.74 Å². The summed E-state index contributed by atoms with van der Waals surface area (Å²) in [5.74, 6) is -0.643. The number of carbonyl (C=O) groups is 1. The lowest BCUT2D eigenvalue weighted by Gasteiger charge is -2.19. The Hall–Kier alpha value is -0.840. The Kier molecular flexibility index (Phi) is 2.23. The van der Waals surface area contributed by atoms with Crippen LogP contribution < -0.4 is 0 Å². The van der Waals surface area contributed by atoms with Gasteiger partial charge in [-0.1, -0.05) is 6.08 Å². The molecule has 0 unspecified atom stereocenters. The van der Waals surface area contributed by atoms with Gasteiger partial charge in [-0.3, -0.25) is 0 Å². The Labute approximate surface area is 77.5 Å². The minimum Gasteiger partial charge on any atom is -0.466 e. The molecule has 0 amide bonds. The van der Waals surface area contributed by atoms with Gasteiger partial charge in [-0.15, -0.1) is 0 Å². The predicted molar refractivity (Wildman–Crippen MR) is 48.0 cm³/mol. The molecule has 0 bridgehead atoms. The number of methoxy groups -OCH3 is 1. The topological polar surface area (TPSA) is 60.4 Å². The molecule has 0 atom stereocenters. The first-order valence-electron chi connectivity index (χ1n) is 3.84. The average Bonchev–Trinajstić information content (AvgIpc) is 2.22. The molecular formula is C8H12O4S. The van der Waals surface area contributed by atoms with Gasteiger partial charge in [0, 0.05) is 0 Å². The number of carbonyl (C=O) groups excluding carboxylic acids is 1. The van der Waals surface area contributed by atoms with E-state index in [1.165, 1.54) is 27.0 Å². The lowest BCUT2D eigenvalue weighted by atomic mass is 10.0. The fraction of sp³-hybridized carbons (Fsp3) is 0.625. The lowest BCUT2D eigenvalue weighted by molar-refractivity contribution is -0.136. The van der Waals surface area contributed by atoms with Crippen LogP contribution in [-0.2, 0) is 19.4 Å². The number of esters is 1. The van der Waals surface area contributed by atoms with E-state index in [1.807, 2.05) is 0 Å². The van der Waals surface area contributed by atoms with Crippen molar-refractivity contribution in [1.82, 2.24) is 0 Å². The largest absolute Gasteiger partial charge is 0.466 e. The summed E-state index contributed by atoms with van der Waals surface area (Å²) in [7, 11) is -1.98. The van der Waals surface area contributed by atoms with Gasteiger partial charge >= 0.3 is 5.97 Å². The van der Waals surface area contributed by atoms with E-state index in [0.717, 1.165) is 0 Å². The Morgan fingerprint density at radius 1 is 1.54 bits per heavy atom. The van der Waals surface area contributed by atoms with E-state index in [-0.39, 0.29) is 11.3 Å². The Morgan fingerprint density at radius 2 is 2.08 bits per heavy atom. The molecule has 1 aliphatic rings. The third-order valence-corrected chi connectivity index (χ3v) is 4.72. The van der Waals surface area contributed by atoms with Crippen LogP contribution in [0.2, 0.25) is 0 Å². The molecule has 0 aromatic carbocycles. The Balaban J connectivity index is 3.13. The molecule has 1 rings (SSSR count). The molecule has 4 nitrogen and oxygen atoms in total. The van der Waals surface area contributed by atoms with Crippen LogP contribution in [0.4, 0.5) is 0 Å². The molecule has 0 spiro atoms. The van der Waals surface area contributed by atoms with Crippen LogP contribution in [0, 0.1) is 0 Å². The first-order valence-corrected chi connectivity index (χ1v) is 5.49. The zero-order chi connectivity index (χ0) is 10.3. The van der Waals surface area contributed by atoms with E-state index in [4.69, 9.17) is 0 Å². The maximum absolute atomic E-state index is 11.5. The zero-order valence-corrected chi connectivity index (χ0v) is 8.64. The normalized spacial score (nSPS) is 23.8. The van der Waals surface area contributed by atoms with Crippen LogP contribution in [0.3, 0.4) is 0 Å². The first-order chi connectivity index (χ1) is 5.83. The summed E-state index contributed by atoms with van der Waals surface area (Å²) in [6, 6.07) is 0. The highest BCUT2D eigenvalue weighted by molar-refractivity contribution is 7.93. The van der Waals surface area contributed by atoms with Gasteiger partial charge in [-0.2, -0.15) is 0 Å². The molecule has 0 saturated carbocycles. The summed E-state index contributed by atoms with van der Waals surface area (Å²) in [5, 5.41) is 0. The van der Waals surface area contributed by atoms with Crippen molar-refractivity contribution in [2.75, 3.05) is 12.9 Å². The third-order valence-electron chi connectivity index (χ3n) is 2.34. The molecule has 0 fully saturated rings. The van der Waals surface area contributed by atoms with Crippen LogP contribution in [0.1, 0.15) is 13.8 Å². The highest BCUT2D eigenvalue weighted by Gasteiger charge is 2.45. The maximum atomic E-state index is 11.5. The van der Waals surface area contributed by atoms with E-state index in [9.17, 15) is 13.2 Å². The molecule has 1 aliphatic heterocycles. The van der Waals surface area contributed by atoms with Crippen molar-refractivity contribution in [3.05, 3.63) is 11.6 Å². The van der Waals surface area contributed by atoms with Crippen molar-refractivity contribution in [3.8, 4) is 0 Å². The van der Waals surface area contributed by atoms with Crippen molar-refractivity contribution in [1.29, 1.82) is 0 Å². The molecule has 0 saturated heterocycles. The van der Waals surface area contributed by atoms with Crippen LogP contribution in [0.5, 0.6) is 0 Å². The second-order valence-electron chi connectivity index (χ2n) is 3.40. The quantitative estimate of drug-likeness (QED) is 0.576. The second kappa shape index (κ2) is 2.83. The van der Waals surface area contributed by atoms with Crippen molar-refractivity contribution in [2.45, 2.75) is 18.6 Å². The molecule has 0 radical (unpaired) electrons. The van der Waals surface area contributed by atoms with Gasteiger partial charge in [0.25, 0.3) is 0 Å².